The summed E-state index contributed by atoms with van der Waals surface area (Å²) in [4.78, 5) is 11.3. The van der Waals surface area contributed by atoms with Crippen LogP contribution in [-0.4, -0.2) is 11.1 Å². The summed E-state index contributed by atoms with van der Waals surface area (Å²) in [6.45, 7) is 0. The quantitative estimate of drug-likeness (QED) is 0.741. The molecule has 0 aliphatic rings. The van der Waals surface area contributed by atoms with Crippen LogP contribution in [0.1, 0.15) is 4.88 Å². The SMILES string of the molecule is Nc1cccc2cc(CC(=O)O)sc12. The number of rotatable bonds is 2. The molecule has 0 spiro atoms. The fourth-order valence-corrected chi connectivity index (χ4v) is 2.45. The number of hydrogen-bond donors (Lipinski definition) is 2. The summed E-state index contributed by atoms with van der Waals surface area (Å²) in [6.07, 6.45) is 0.0682. The third-order valence-electron chi connectivity index (χ3n) is 1.95. The number of anilines is 1. The Bertz CT molecular complexity index is 490. The Hall–Kier alpha value is -1.55. The van der Waals surface area contributed by atoms with Crippen LogP contribution in [0.25, 0.3) is 10.1 Å². The van der Waals surface area contributed by atoms with Crippen LogP contribution >= 0.6 is 11.3 Å². The first-order valence-electron chi connectivity index (χ1n) is 4.15. The molecule has 0 saturated carbocycles. The van der Waals surface area contributed by atoms with Gasteiger partial charge in [-0.2, -0.15) is 0 Å². The fraction of sp³-hybridized carbons (Fsp3) is 0.100. The Balaban J connectivity index is 2.51. The van der Waals surface area contributed by atoms with Gasteiger partial charge in [0.05, 0.1) is 11.1 Å². The van der Waals surface area contributed by atoms with Crippen molar-refractivity contribution in [3.8, 4) is 0 Å². The van der Waals surface area contributed by atoms with Crippen molar-refractivity contribution in [2.24, 2.45) is 0 Å². The minimum atomic E-state index is -0.810. The van der Waals surface area contributed by atoms with Gasteiger partial charge in [0, 0.05) is 10.6 Å². The number of nitrogens with two attached hydrogens (primary N) is 1. The smallest absolute Gasteiger partial charge is 0.308 e. The molecule has 14 heavy (non-hydrogen) atoms. The van der Waals surface area contributed by atoms with E-state index in [1.807, 2.05) is 24.3 Å². The van der Waals surface area contributed by atoms with E-state index in [1.165, 1.54) is 11.3 Å². The lowest BCUT2D eigenvalue weighted by Gasteiger charge is -1.92. The highest BCUT2D eigenvalue weighted by Gasteiger charge is 2.06. The second-order valence-electron chi connectivity index (χ2n) is 3.05. The van der Waals surface area contributed by atoms with Crippen LogP contribution < -0.4 is 5.73 Å². The van der Waals surface area contributed by atoms with Crippen LogP contribution in [0.2, 0.25) is 0 Å². The molecule has 2 rings (SSSR count). The van der Waals surface area contributed by atoms with Crippen LogP contribution in [0.4, 0.5) is 5.69 Å². The summed E-state index contributed by atoms with van der Waals surface area (Å²) in [7, 11) is 0. The Morgan fingerprint density at radius 2 is 2.29 bits per heavy atom. The molecule has 0 unspecified atom stereocenters. The zero-order valence-electron chi connectivity index (χ0n) is 7.36. The van der Waals surface area contributed by atoms with Gasteiger partial charge in [0.15, 0.2) is 0 Å². The summed E-state index contributed by atoms with van der Waals surface area (Å²) < 4.78 is 0.976. The molecule has 1 aromatic heterocycles. The standard InChI is InChI=1S/C10H9NO2S/c11-8-3-1-2-6-4-7(5-9(12)13)14-10(6)8/h1-4H,5,11H2,(H,12,13). The second-order valence-corrected chi connectivity index (χ2v) is 4.19. The van der Waals surface area contributed by atoms with Gasteiger partial charge in [0.2, 0.25) is 0 Å². The van der Waals surface area contributed by atoms with Crippen molar-refractivity contribution in [3.05, 3.63) is 29.1 Å². The third-order valence-corrected chi connectivity index (χ3v) is 3.15. The lowest BCUT2D eigenvalue weighted by atomic mass is 10.2. The Labute approximate surface area is 84.8 Å². The zero-order valence-corrected chi connectivity index (χ0v) is 8.17. The largest absolute Gasteiger partial charge is 0.481 e. The van der Waals surface area contributed by atoms with E-state index < -0.39 is 5.97 Å². The number of carbonyl (C=O) groups is 1. The molecule has 3 N–H and O–H groups in total. The summed E-state index contributed by atoms with van der Waals surface area (Å²) in [5.41, 5.74) is 6.48. The first-order chi connectivity index (χ1) is 6.66. The average Bonchev–Trinajstić information content (AvgIpc) is 2.47. The molecule has 4 heteroatoms. The monoisotopic (exact) mass is 207 g/mol. The number of aliphatic carboxylic acids is 1. The van der Waals surface area contributed by atoms with E-state index in [4.69, 9.17) is 10.8 Å². The van der Waals surface area contributed by atoms with Gasteiger partial charge < -0.3 is 10.8 Å². The van der Waals surface area contributed by atoms with Crippen molar-refractivity contribution >= 4 is 33.1 Å². The zero-order chi connectivity index (χ0) is 10.1. The van der Waals surface area contributed by atoms with E-state index in [0.717, 1.165) is 15.0 Å². The predicted molar refractivity (Wildman–Crippen MR) is 57.6 cm³/mol. The van der Waals surface area contributed by atoms with Gasteiger partial charge >= 0.3 is 5.97 Å². The van der Waals surface area contributed by atoms with Gasteiger partial charge in [-0.1, -0.05) is 12.1 Å². The van der Waals surface area contributed by atoms with E-state index >= 15 is 0 Å². The normalized spacial score (nSPS) is 10.6. The van der Waals surface area contributed by atoms with Gasteiger partial charge in [0.1, 0.15) is 0 Å². The minimum absolute atomic E-state index is 0.0682. The molecule has 0 aliphatic heterocycles. The average molecular weight is 207 g/mol. The number of carboxylic acid groups (broad SMARTS) is 1. The molecule has 1 aromatic carbocycles. The van der Waals surface area contributed by atoms with Crippen LogP contribution in [0.15, 0.2) is 24.3 Å². The molecule has 0 saturated heterocycles. The molecule has 0 atom stereocenters. The highest BCUT2D eigenvalue weighted by molar-refractivity contribution is 7.19. The molecule has 3 nitrogen and oxygen atoms in total. The molecule has 1 heterocycles. The summed E-state index contributed by atoms with van der Waals surface area (Å²) in [5.74, 6) is -0.810. The van der Waals surface area contributed by atoms with E-state index in [1.54, 1.807) is 0 Å². The van der Waals surface area contributed by atoms with Crippen LogP contribution in [0.5, 0.6) is 0 Å². The Kier molecular flexibility index (Phi) is 2.13. The van der Waals surface area contributed by atoms with Gasteiger partial charge in [-0.25, -0.2) is 0 Å². The van der Waals surface area contributed by atoms with Gasteiger partial charge in [-0.3, -0.25) is 4.79 Å². The molecular formula is C10H9NO2S. The third kappa shape index (κ3) is 1.56. The first-order valence-corrected chi connectivity index (χ1v) is 4.97. The number of fused-ring (bicyclic) bond motifs is 1. The van der Waals surface area contributed by atoms with Crippen molar-refractivity contribution in [3.63, 3.8) is 0 Å². The topological polar surface area (TPSA) is 63.3 Å². The highest BCUT2D eigenvalue weighted by atomic mass is 32.1. The van der Waals surface area contributed by atoms with Crippen LogP contribution in [-0.2, 0) is 11.2 Å². The molecule has 0 amide bonds. The molecule has 0 aliphatic carbocycles. The lowest BCUT2D eigenvalue weighted by Crippen LogP contribution is -1.96. The Morgan fingerprint density at radius 3 is 2.93 bits per heavy atom. The summed E-state index contributed by atoms with van der Waals surface area (Å²) >= 11 is 1.45. The predicted octanol–water partition coefficient (Wildman–Crippen LogP) is 2.11. The van der Waals surface area contributed by atoms with Crippen molar-refractivity contribution in [1.82, 2.24) is 0 Å². The Morgan fingerprint density at radius 1 is 1.50 bits per heavy atom. The minimum Gasteiger partial charge on any atom is -0.481 e. The van der Waals surface area contributed by atoms with Gasteiger partial charge in [-0.05, 0) is 17.5 Å². The van der Waals surface area contributed by atoms with Crippen molar-refractivity contribution in [2.45, 2.75) is 6.42 Å². The maximum atomic E-state index is 10.5. The maximum Gasteiger partial charge on any atom is 0.308 e. The van der Waals surface area contributed by atoms with E-state index in [0.29, 0.717) is 5.69 Å². The number of benzene rings is 1. The van der Waals surface area contributed by atoms with Gasteiger partial charge in [0.25, 0.3) is 0 Å². The van der Waals surface area contributed by atoms with Crippen LogP contribution in [0.3, 0.4) is 0 Å². The van der Waals surface area contributed by atoms with Crippen molar-refractivity contribution < 1.29 is 9.90 Å². The van der Waals surface area contributed by atoms with Crippen LogP contribution in [0, 0.1) is 0 Å². The number of hydrogen-bond acceptors (Lipinski definition) is 3. The summed E-state index contributed by atoms with van der Waals surface area (Å²) in [5, 5.41) is 9.66. The molecular weight excluding hydrogens is 198 g/mol. The highest BCUT2D eigenvalue weighted by Crippen LogP contribution is 2.30. The molecule has 0 fully saturated rings. The van der Waals surface area contributed by atoms with Crippen molar-refractivity contribution in [1.29, 1.82) is 0 Å². The van der Waals surface area contributed by atoms with E-state index in [-0.39, 0.29) is 6.42 Å². The van der Waals surface area contributed by atoms with E-state index in [9.17, 15) is 4.79 Å². The number of nitrogen functional groups attached to an aromatic ring is 1. The summed E-state index contributed by atoms with van der Waals surface area (Å²) in [6, 6.07) is 7.51. The maximum absolute atomic E-state index is 10.5. The fourth-order valence-electron chi connectivity index (χ4n) is 1.38. The molecule has 72 valence electrons. The molecule has 0 bridgehead atoms. The second kappa shape index (κ2) is 3.31. The lowest BCUT2D eigenvalue weighted by molar-refractivity contribution is -0.136. The van der Waals surface area contributed by atoms with Gasteiger partial charge in [-0.15, -0.1) is 11.3 Å². The number of carboxylic acids is 1. The van der Waals surface area contributed by atoms with E-state index in [2.05, 4.69) is 0 Å². The van der Waals surface area contributed by atoms with Crippen molar-refractivity contribution in [2.75, 3.05) is 5.73 Å². The molecule has 0 radical (unpaired) electrons. The first kappa shape index (κ1) is 9.02. The number of thiophene rings is 1. The molecule has 2 aromatic rings.